The first-order chi connectivity index (χ1) is 7.16. The number of nitrogen functional groups attached to an aromatic ring is 1. The first-order valence-electron chi connectivity index (χ1n) is 4.27. The second-order valence-electron chi connectivity index (χ2n) is 3.01. The minimum atomic E-state index is 0.349. The molecule has 0 bridgehead atoms. The molecule has 0 amide bonds. The third kappa shape index (κ3) is 2.16. The molecule has 0 unspecified atom stereocenters. The van der Waals surface area contributed by atoms with Crippen LogP contribution < -0.4 is 5.84 Å². The monoisotopic (exact) mass is 237 g/mol. The Labute approximate surface area is 97.1 Å². The maximum absolute atomic E-state index is 5.79. The second kappa shape index (κ2) is 4.00. The van der Waals surface area contributed by atoms with Gasteiger partial charge in [-0.15, -0.1) is 0 Å². The summed E-state index contributed by atoms with van der Waals surface area (Å²) in [6.45, 7) is 0. The van der Waals surface area contributed by atoms with E-state index in [1.54, 1.807) is 12.3 Å². The smallest absolute Gasteiger partial charge is 0.218 e. The van der Waals surface area contributed by atoms with Crippen molar-refractivity contribution in [3.05, 3.63) is 46.3 Å². The van der Waals surface area contributed by atoms with Crippen molar-refractivity contribution in [2.45, 2.75) is 0 Å². The molecule has 2 aromatic rings. The van der Waals surface area contributed by atoms with Crippen LogP contribution in [0.3, 0.4) is 0 Å². The summed E-state index contributed by atoms with van der Waals surface area (Å²) >= 11 is 10.8. The van der Waals surface area contributed by atoms with Gasteiger partial charge >= 0.3 is 0 Å². The van der Waals surface area contributed by atoms with Gasteiger partial charge in [0.15, 0.2) is 0 Å². The highest BCUT2D eigenvalue weighted by atomic mass is 35.5. The summed E-state index contributed by atoms with van der Waals surface area (Å²) < 4.78 is 1.65. The highest BCUT2D eigenvalue weighted by Gasteiger charge is 1.99. The number of nitrogens with zero attached hydrogens (tertiary/aromatic N) is 2. The van der Waals surface area contributed by atoms with E-state index in [4.69, 9.17) is 29.7 Å². The lowest BCUT2D eigenvalue weighted by atomic mass is 10.1. The molecule has 0 aliphatic carbocycles. The van der Waals surface area contributed by atoms with E-state index in [0.29, 0.717) is 9.79 Å². The Hall–Kier alpha value is -1.39. The molecule has 0 radical (unpaired) electrons. The van der Waals surface area contributed by atoms with Crippen LogP contribution in [0.2, 0.25) is 5.02 Å². The first-order valence-corrected chi connectivity index (χ1v) is 5.06. The van der Waals surface area contributed by atoms with Crippen molar-refractivity contribution in [3.63, 3.8) is 0 Å². The summed E-state index contributed by atoms with van der Waals surface area (Å²) in [5.74, 6) is 5.52. The van der Waals surface area contributed by atoms with Gasteiger partial charge in [-0.2, -0.15) is 0 Å². The molecule has 2 rings (SSSR count). The zero-order chi connectivity index (χ0) is 10.8. The normalized spacial score (nSPS) is 10.2. The number of hydrogen-bond donors (Lipinski definition) is 1. The van der Waals surface area contributed by atoms with E-state index >= 15 is 0 Å². The molecule has 0 aliphatic heterocycles. The van der Waals surface area contributed by atoms with Crippen LogP contribution in [0.1, 0.15) is 0 Å². The van der Waals surface area contributed by atoms with Crippen molar-refractivity contribution >= 4 is 23.8 Å². The molecule has 0 aliphatic rings. The maximum Gasteiger partial charge on any atom is 0.218 e. The van der Waals surface area contributed by atoms with Gasteiger partial charge in [0, 0.05) is 16.8 Å². The molecule has 3 nitrogen and oxygen atoms in total. The zero-order valence-electron chi connectivity index (χ0n) is 7.72. The first kappa shape index (κ1) is 10.1. The largest absolute Gasteiger partial charge is 0.337 e. The van der Waals surface area contributed by atoms with Gasteiger partial charge in [-0.25, -0.2) is 9.66 Å². The molecule has 1 heterocycles. The molecular weight excluding hydrogens is 230 g/mol. The average molecular weight is 238 g/mol. The second-order valence-corrected chi connectivity index (χ2v) is 3.81. The zero-order valence-corrected chi connectivity index (χ0v) is 9.29. The van der Waals surface area contributed by atoms with Crippen LogP contribution in [0, 0.1) is 4.77 Å². The van der Waals surface area contributed by atoms with Gasteiger partial charge in [0.2, 0.25) is 4.77 Å². The van der Waals surface area contributed by atoms with Crippen molar-refractivity contribution in [3.8, 4) is 11.3 Å². The molecule has 0 atom stereocenters. The molecule has 1 aromatic heterocycles. The summed E-state index contributed by atoms with van der Waals surface area (Å²) in [5, 5.41) is 0.696. The van der Waals surface area contributed by atoms with Gasteiger partial charge in [0.1, 0.15) is 0 Å². The van der Waals surface area contributed by atoms with E-state index in [1.165, 1.54) is 4.68 Å². The number of rotatable bonds is 1. The number of hydrogen-bond acceptors (Lipinski definition) is 3. The summed E-state index contributed by atoms with van der Waals surface area (Å²) in [6, 6.07) is 9.20. The van der Waals surface area contributed by atoms with E-state index in [9.17, 15) is 0 Å². The molecule has 0 fully saturated rings. The average Bonchev–Trinajstić information content (AvgIpc) is 2.23. The fourth-order valence-electron chi connectivity index (χ4n) is 1.19. The third-order valence-corrected chi connectivity index (χ3v) is 2.52. The molecule has 5 heteroatoms. The lowest BCUT2D eigenvalue weighted by molar-refractivity contribution is 0.914. The molecule has 76 valence electrons. The van der Waals surface area contributed by atoms with E-state index in [0.717, 1.165) is 11.3 Å². The van der Waals surface area contributed by atoms with Crippen LogP contribution in [-0.2, 0) is 0 Å². The standard InChI is InChI=1S/C10H8ClN3S/c11-8-3-1-7(2-4-8)9-5-6-14(12)10(15)13-9/h1-6H,12H2. The van der Waals surface area contributed by atoms with Crippen LogP contribution in [0.4, 0.5) is 0 Å². The molecule has 1 aromatic carbocycles. The number of nitrogens with two attached hydrogens (primary N) is 1. The van der Waals surface area contributed by atoms with Crippen molar-refractivity contribution in [1.29, 1.82) is 0 Å². The summed E-state index contributed by atoms with van der Waals surface area (Å²) in [4.78, 5) is 4.18. The number of benzene rings is 1. The predicted molar refractivity (Wildman–Crippen MR) is 63.7 cm³/mol. The topological polar surface area (TPSA) is 43.8 Å². The molecule has 2 N–H and O–H groups in total. The van der Waals surface area contributed by atoms with Crippen LogP contribution in [0.15, 0.2) is 36.5 Å². The van der Waals surface area contributed by atoms with E-state index in [2.05, 4.69) is 4.98 Å². The Morgan fingerprint density at radius 1 is 1.20 bits per heavy atom. The Bertz CT molecular complexity index is 533. The van der Waals surface area contributed by atoms with Crippen molar-refractivity contribution in [2.24, 2.45) is 0 Å². The summed E-state index contributed by atoms with van der Waals surface area (Å²) in [7, 11) is 0. The number of aromatic nitrogens is 2. The molecule has 15 heavy (non-hydrogen) atoms. The Kier molecular flexibility index (Phi) is 2.70. The molecular formula is C10H8ClN3S. The quantitative estimate of drug-likeness (QED) is 0.613. The van der Waals surface area contributed by atoms with Crippen LogP contribution in [0.5, 0.6) is 0 Å². The van der Waals surface area contributed by atoms with Gasteiger partial charge in [-0.1, -0.05) is 23.7 Å². The van der Waals surface area contributed by atoms with Crippen molar-refractivity contribution in [1.82, 2.24) is 9.66 Å². The minimum absolute atomic E-state index is 0.349. The van der Waals surface area contributed by atoms with E-state index in [1.807, 2.05) is 24.3 Å². The van der Waals surface area contributed by atoms with Crippen molar-refractivity contribution in [2.75, 3.05) is 5.84 Å². The maximum atomic E-state index is 5.79. The van der Waals surface area contributed by atoms with Gasteiger partial charge in [-0.05, 0) is 30.4 Å². The third-order valence-electron chi connectivity index (χ3n) is 1.97. The Balaban J connectivity index is 2.50. The fraction of sp³-hybridized carbons (Fsp3) is 0. The SMILES string of the molecule is Nn1ccc(-c2ccc(Cl)cc2)nc1=S. The Morgan fingerprint density at radius 3 is 2.47 bits per heavy atom. The van der Waals surface area contributed by atoms with Crippen molar-refractivity contribution < 1.29 is 0 Å². The van der Waals surface area contributed by atoms with Crippen LogP contribution in [-0.4, -0.2) is 9.66 Å². The fourth-order valence-corrected chi connectivity index (χ4v) is 1.48. The summed E-state index contributed by atoms with van der Waals surface area (Å²) in [5.41, 5.74) is 1.75. The van der Waals surface area contributed by atoms with Gasteiger partial charge in [0.05, 0.1) is 5.69 Å². The Morgan fingerprint density at radius 2 is 1.87 bits per heavy atom. The van der Waals surface area contributed by atoms with Gasteiger partial charge in [0.25, 0.3) is 0 Å². The van der Waals surface area contributed by atoms with Crippen LogP contribution >= 0.6 is 23.8 Å². The predicted octanol–water partition coefficient (Wildman–Crippen LogP) is 2.65. The highest BCUT2D eigenvalue weighted by Crippen LogP contribution is 2.18. The molecule has 0 saturated carbocycles. The van der Waals surface area contributed by atoms with E-state index in [-0.39, 0.29) is 0 Å². The minimum Gasteiger partial charge on any atom is -0.337 e. The lowest BCUT2D eigenvalue weighted by Crippen LogP contribution is -2.10. The molecule has 0 spiro atoms. The highest BCUT2D eigenvalue weighted by molar-refractivity contribution is 7.71. The lowest BCUT2D eigenvalue weighted by Gasteiger charge is -2.02. The van der Waals surface area contributed by atoms with Crippen LogP contribution in [0.25, 0.3) is 11.3 Å². The number of halogens is 1. The summed E-state index contributed by atoms with van der Waals surface area (Å²) in [6.07, 6.45) is 1.68. The van der Waals surface area contributed by atoms with E-state index < -0.39 is 0 Å². The van der Waals surface area contributed by atoms with Gasteiger partial charge in [-0.3, -0.25) is 0 Å². The molecule has 0 saturated heterocycles. The van der Waals surface area contributed by atoms with Gasteiger partial charge < -0.3 is 5.84 Å².